The number of fused-ring (bicyclic) bond motifs is 7. The minimum Gasteiger partial charge on any atom is -0.443 e. The van der Waals surface area contributed by atoms with Crippen molar-refractivity contribution < 1.29 is 38.7 Å². The van der Waals surface area contributed by atoms with Crippen LogP contribution in [0, 0.1) is 28.1 Å². The van der Waals surface area contributed by atoms with Crippen molar-refractivity contribution >= 4 is 123 Å². The number of ketones is 1. The zero-order chi connectivity index (χ0) is 58.2. The molecule has 5 atom stereocenters. The van der Waals surface area contributed by atoms with E-state index in [2.05, 4.69) is 40.0 Å². The molecule has 15 nitrogen and oxygen atoms in total. The molecular weight excluding hydrogens is 1180 g/mol. The fourth-order valence-corrected chi connectivity index (χ4v) is 11.9. The molecule has 4 aliphatic rings. The van der Waals surface area contributed by atoms with E-state index in [1.165, 1.54) is 23.8 Å². The number of hydrogen-bond donors (Lipinski definition) is 4. The molecule has 458 valence electrons. The maximum Gasteiger partial charge on any atom is 0.490 e. The molecular formula is C58H90BCl7N6O9. The number of nitrogens with zero attached hydrogens (tertiary/aromatic N) is 4. The van der Waals surface area contributed by atoms with Gasteiger partial charge in [-0.2, -0.15) is 0 Å². The molecule has 1 aromatic heterocycles. The number of benzene rings is 3. The summed E-state index contributed by atoms with van der Waals surface area (Å²) >= 11 is 41.1. The molecule has 5 N–H and O–H groups in total. The molecule has 1 unspecified atom stereocenters. The predicted octanol–water partition coefficient (Wildman–Crippen LogP) is 15.8. The number of ether oxygens (including phenoxy) is 2. The second kappa shape index (κ2) is 29.9. The van der Waals surface area contributed by atoms with Crippen LogP contribution in [-0.2, 0) is 31.5 Å². The third-order valence-corrected chi connectivity index (χ3v) is 17.9. The van der Waals surface area contributed by atoms with Crippen LogP contribution in [0.5, 0.6) is 0 Å². The number of anilines is 1. The lowest BCUT2D eigenvalue weighted by atomic mass is 9.70. The van der Waals surface area contributed by atoms with Gasteiger partial charge in [0, 0.05) is 43.0 Å². The largest absolute Gasteiger partial charge is 0.490 e. The number of hydrazine groups is 2. The van der Waals surface area contributed by atoms with Crippen molar-refractivity contribution in [3.63, 3.8) is 0 Å². The lowest BCUT2D eigenvalue weighted by Crippen LogP contribution is -2.38. The summed E-state index contributed by atoms with van der Waals surface area (Å²) in [6.07, 6.45) is 3.05. The zero-order valence-electron chi connectivity index (χ0n) is 45.6. The SMILES string of the molecule is C.C.C.C.C.CC1(C)[C@@H]2CC[C@@]1(C)C(=O)C2C(=O)Cl.CN(N)C(=O)OC(C)(C)C.CN(Nc1cccc(Cl)c1Cl)C(=O)OC(C)(C)C.Cn1c2c(c(=O)n1-c1cccc(Cl)c1Cl)[C@H]1CC[C@]2(C)C1(C)C.OB(O)c1cccc(Cl)c1Cl. The van der Waals surface area contributed by atoms with Crippen molar-refractivity contribution in [2.24, 2.45) is 41.0 Å². The number of halogens is 7. The lowest BCUT2D eigenvalue weighted by Gasteiger charge is -2.36. The minimum atomic E-state index is -1.57. The van der Waals surface area contributed by atoms with E-state index >= 15 is 0 Å². The third-order valence-electron chi connectivity index (χ3n) is 15.2. The van der Waals surface area contributed by atoms with Gasteiger partial charge < -0.3 is 19.5 Å². The molecule has 3 aromatic carbocycles. The maximum atomic E-state index is 13.2. The Bertz CT molecular complexity index is 2880. The average Bonchev–Trinajstić information content (AvgIpc) is 3.90. The minimum absolute atomic E-state index is 0. The monoisotopic (exact) mass is 1270 g/mol. The van der Waals surface area contributed by atoms with Crippen molar-refractivity contribution in [2.45, 2.75) is 168 Å². The molecule has 3 fully saturated rings. The highest BCUT2D eigenvalue weighted by Crippen LogP contribution is 2.67. The van der Waals surface area contributed by atoms with E-state index in [0.717, 1.165) is 36.3 Å². The van der Waals surface area contributed by atoms with Crippen LogP contribution in [0.15, 0.2) is 59.4 Å². The zero-order valence-corrected chi connectivity index (χ0v) is 50.9. The Morgan fingerprint density at radius 3 is 1.56 bits per heavy atom. The van der Waals surface area contributed by atoms with Gasteiger partial charge in [-0.1, -0.05) is 173 Å². The van der Waals surface area contributed by atoms with Crippen LogP contribution in [0.3, 0.4) is 0 Å². The van der Waals surface area contributed by atoms with Crippen LogP contribution in [-0.4, -0.2) is 85.1 Å². The van der Waals surface area contributed by atoms with Crippen molar-refractivity contribution in [1.29, 1.82) is 0 Å². The van der Waals surface area contributed by atoms with Crippen LogP contribution >= 0.6 is 81.2 Å². The fourth-order valence-electron chi connectivity index (χ4n) is 10.5. The number of amides is 2. The van der Waals surface area contributed by atoms with Gasteiger partial charge in [-0.15, -0.1) is 0 Å². The molecule has 4 bridgehead atoms. The van der Waals surface area contributed by atoms with Gasteiger partial charge in [-0.3, -0.25) is 24.5 Å². The molecule has 0 radical (unpaired) electrons. The van der Waals surface area contributed by atoms with Crippen molar-refractivity contribution in [1.82, 2.24) is 19.4 Å². The van der Waals surface area contributed by atoms with Gasteiger partial charge in [-0.05, 0) is 132 Å². The Morgan fingerprint density at radius 2 is 1.15 bits per heavy atom. The first-order valence-corrected chi connectivity index (χ1v) is 27.0. The predicted molar refractivity (Wildman–Crippen MR) is 340 cm³/mol. The van der Waals surface area contributed by atoms with E-state index in [0.29, 0.717) is 42.4 Å². The summed E-state index contributed by atoms with van der Waals surface area (Å²) in [5, 5.41) is 21.3. The molecule has 1 heterocycles. The Hall–Kier alpha value is -3.68. The van der Waals surface area contributed by atoms with Crippen LogP contribution in [0.4, 0.5) is 15.3 Å². The van der Waals surface area contributed by atoms with Gasteiger partial charge in [0.25, 0.3) is 5.56 Å². The molecule has 8 rings (SSSR count). The second-order valence-electron chi connectivity index (χ2n) is 22.8. The molecule has 0 spiro atoms. The van der Waals surface area contributed by atoms with Crippen LogP contribution in [0.25, 0.3) is 5.69 Å². The Balaban J connectivity index is 0. The smallest absolute Gasteiger partial charge is 0.443 e. The summed E-state index contributed by atoms with van der Waals surface area (Å²) in [5.41, 5.74) is 5.15. The standard InChI is InChI=1S/C18H20Cl2N2O.C12H16Cl2N2O2.C11H15ClO2.C6H5BCl2O2.C6H14N2O2.5CH4/c1-17(2)10-8-9-18(17,3)15-13(10)16(23)22(21(15)4)12-7-5-6-11(19)14(12)20;1-12(2,3)18-11(17)16(4)15-9-7-5-6-8(13)10(9)14;1-10(2)6-4-5-11(10,3)8(13)7(6)9(12)14;8-5-3-1-2-4(6(5)9)7(10)11;1-6(2,3)10-5(9)8(4)7;;;;;/h5-7,10H,8-9H2,1-4H3;5-7,15H,1-4H3;6-7H,4-5H2,1-3H3;1-3,10-11H;7H2,1-4H3;5*1H4/t10-,18+;;6-,7?,11+;;;;;;;/m1.1......./s1. The van der Waals surface area contributed by atoms with E-state index in [1.807, 2.05) is 30.8 Å². The average molecular weight is 1270 g/mol. The van der Waals surface area contributed by atoms with Crippen LogP contribution in [0.1, 0.15) is 163 Å². The lowest BCUT2D eigenvalue weighted by molar-refractivity contribution is -0.135. The summed E-state index contributed by atoms with van der Waals surface area (Å²) in [5.74, 6) is 5.11. The van der Waals surface area contributed by atoms with E-state index in [-0.39, 0.29) is 86.5 Å². The molecule has 2 amide bonds. The molecule has 3 saturated carbocycles. The number of carbonyl (C=O) groups is 4. The quantitative estimate of drug-likeness (QED) is 0.0370. The topological polar surface area (TPSA) is 199 Å². The highest BCUT2D eigenvalue weighted by molar-refractivity contribution is 6.66. The molecule has 0 saturated heterocycles. The summed E-state index contributed by atoms with van der Waals surface area (Å²) < 4.78 is 13.7. The fraction of sp³-hybridized carbons (Fsp3) is 0.569. The van der Waals surface area contributed by atoms with Gasteiger partial charge in [0.15, 0.2) is 5.78 Å². The first-order valence-electron chi connectivity index (χ1n) is 24.4. The van der Waals surface area contributed by atoms with Crippen molar-refractivity contribution in [3.8, 4) is 5.69 Å². The summed E-state index contributed by atoms with van der Waals surface area (Å²) in [7, 11) is 3.37. The van der Waals surface area contributed by atoms with E-state index < -0.39 is 41.7 Å². The summed E-state index contributed by atoms with van der Waals surface area (Å²) in [4.78, 5) is 58.9. The van der Waals surface area contributed by atoms with Gasteiger partial charge >= 0.3 is 19.3 Å². The van der Waals surface area contributed by atoms with E-state index in [4.69, 9.17) is 107 Å². The van der Waals surface area contributed by atoms with Crippen molar-refractivity contribution in [3.05, 3.63) is 106 Å². The number of hydrogen-bond acceptors (Lipinski definition) is 11. The second-order valence-corrected chi connectivity index (χ2v) is 25.6. The Kier molecular flexibility index (Phi) is 29.3. The highest BCUT2D eigenvalue weighted by Gasteiger charge is 2.67. The first-order chi connectivity index (χ1) is 34.7. The Labute approximate surface area is 518 Å². The van der Waals surface area contributed by atoms with Crippen molar-refractivity contribution in [2.75, 3.05) is 19.5 Å². The van der Waals surface area contributed by atoms with Crippen LogP contribution < -0.4 is 22.3 Å². The van der Waals surface area contributed by atoms with Gasteiger partial charge in [0.2, 0.25) is 5.24 Å². The maximum absolute atomic E-state index is 13.2. The number of Topliss-reactive ketones (excluding diaryl/α,β-unsaturated/α-hetero) is 1. The van der Waals surface area contributed by atoms with Gasteiger partial charge in [0.1, 0.15) is 11.2 Å². The Morgan fingerprint density at radius 1 is 0.691 bits per heavy atom. The molecule has 4 aromatic rings. The van der Waals surface area contributed by atoms with E-state index in [9.17, 15) is 24.0 Å². The van der Waals surface area contributed by atoms with Gasteiger partial charge in [-0.25, -0.2) is 30.1 Å². The van der Waals surface area contributed by atoms with Crippen LogP contribution in [0.2, 0.25) is 30.1 Å². The first kappa shape index (κ1) is 79.4. The molecule has 4 aliphatic carbocycles. The summed E-state index contributed by atoms with van der Waals surface area (Å²) in [6.45, 7) is 23.8. The number of carbonyl (C=O) groups excluding carboxylic acids is 4. The van der Waals surface area contributed by atoms with Gasteiger partial charge in [0.05, 0.1) is 53.1 Å². The molecule has 23 heteroatoms. The molecule has 81 heavy (non-hydrogen) atoms. The van der Waals surface area contributed by atoms with E-state index in [1.54, 1.807) is 89.7 Å². The summed E-state index contributed by atoms with van der Waals surface area (Å²) in [6, 6.07) is 15.2. The number of aromatic nitrogens is 2. The highest BCUT2D eigenvalue weighted by atomic mass is 35.5. The third kappa shape index (κ3) is 16.8. The molecule has 0 aliphatic heterocycles. The number of nitrogens with two attached hydrogens (primary N) is 1. The normalized spacial score (nSPS) is 20.6. The number of nitrogens with one attached hydrogen (secondary N) is 1. The number of rotatable bonds is 5.